The summed E-state index contributed by atoms with van der Waals surface area (Å²) in [6.07, 6.45) is 0. The van der Waals surface area contributed by atoms with Gasteiger partial charge in [0.25, 0.3) is 11.7 Å². The highest BCUT2D eigenvalue weighted by Crippen LogP contribution is 2.25. The SMILES string of the molecule is CN(CCO)C(=O)c1ccc(SC(F)F)cc1. The van der Waals surface area contributed by atoms with Crippen molar-refractivity contribution in [1.29, 1.82) is 0 Å². The van der Waals surface area contributed by atoms with Gasteiger partial charge in [-0.1, -0.05) is 11.8 Å². The molecule has 1 aromatic carbocycles. The number of alkyl halides is 2. The average Bonchev–Trinajstić information content (AvgIpc) is 2.28. The lowest BCUT2D eigenvalue weighted by Crippen LogP contribution is -2.29. The van der Waals surface area contributed by atoms with Crippen LogP contribution in [0.3, 0.4) is 0 Å². The van der Waals surface area contributed by atoms with Crippen molar-refractivity contribution in [2.24, 2.45) is 0 Å². The normalized spacial score (nSPS) is 10.6. The van der Waals surface area contributed by atoms with Crippen LogP contribution in [0, 0.1) is 0 Å². The highest BCUT2D eigenvalue weighted by atomic mass is 32.2. The summed E-state index contributed by atoms with van der Waals surface area (Å²) in [4.78, 5) is 13.5. The van der Waals surface area contributed by atoms with E-state index in [-0.39, 0.29) is 19.1 Å². The Morgan fingerprint density at radius 1 is 1.41 bits per heavy atom. The average molecular weight is 261 g/mol. The van der Waals surface area contributed by atoms with Crippen molar-refractivity contribution < 1.29 is 18.7 Å². The van der Waals surface area contributed by atoms with E-state index in [2.05, 4.69) is 0 Å². The van der Waals surface area contributed by atoms with Gasteiger partial charge in [-0.3, -0.25) is 4.79 Å². The maximum Gasteiger partial charge on any atom is 0.288 e. The third-order valence-electron chi connectivity index (χ3n) is 2.11. The predicted octanol–water partition coefficient (Wildman–Crippen LogP) is 2.07. The number of aliphatic hydroxyl groups excluding tert-OH is 1. The Morgan fingerprint density at radius 2 is 2.00 bits per heavy atom. The molecule has 3 nitrogen and oxygen atoms in total. The van der Waals surface area contributed by atoms with Gasteiger partial charge < -0.3 is 10.0 Å². The largest absolute Gasteiger partial charge is 0.395 e. The van der Waals surface area contributed by atoms with E-state index < -0.39 is 5.76 Å². The van der Waals surface area contributed by atoms with Crippen LogP contribution in [0.25, 0.3) is 0 Å². The Labute approximate surface area is 102 Å². The summed E-state index contributed by atoms with van der Waals surface area (Å²) >= 11 is 0.439. The van der Waals surface area contributed by atoms with E-state index in [1.807, 2.05) is 0 Å². The molecule has 0 aliphatic heterocycles. The number of hydrogen-bond acceptors (Lipinski definition) is 3. The number of carbonyl (C=O) groups is 1. The van der Waals surface area contributed by atoms with Crippen molar-refractivity contribution in [2.75, 3.05) is 20.2 Å². The Bertz CT molecular complexity index is 370. The van der Waals surface area contributed by atoms with Gasteiger partial charge >= 0.3 is 0 Å². The van der Waals surface area contributed by atoms with E-state index in [1.54, 1.807) is 7.05 Å². The molecule has 1 rings (SSSR count). The molecular weight excluding hydrogens is 248 g/mol. The second-order valence-electron chi connectivity index (χ2n) is 3.35. The molecule has 1 aromatic rings. The third kappa shape index (κ3) is 4.32. The lowest BCUT2D eigenvalue weighted by molar-refractivity contribution is 0.0767. The minimum atomic E-state index is -2.46. The van der Waals surface area contributed by atoms with Crippen LogP contribution in [0.15, 0.2) is 29.2 Å². The monoisotopic (exact) mass is 261 g/mol. The number of amides is 1. The van der Waals surface area contributed by atoms with Gasteiger partial charge in [-0.15, -0.1) is 0 Å². The van der Waals surface area contributed by atoms with Gasteiger partial charge in [-0.2, -0.15) is 8.78 Å². The summed E-state index contributed by atoms with van der Waals surface area (Å²) in [6.45, 7) is 0.133. The van der Waals surface area contributed by atoms with E-state index in [4.69, 9.17) is 5.11 Å². The van der Waals surface area contributed by atoms with Gasteiger partial charge in [0, 0.05) is 24.1 Å². The number of carbonyl (C=O) groups excluding carboxylic acids is 1. The summed E-state index contributed by atoms with van der Waals surface area (Å²) < 4.78 is 24.1. The quantitative estimate of drug-likeness (QED) is 0.825. The molecule has 0 aliphatic carbocycles. The molecule has 0 unspecified atom stereocenters. The van der Waals surface area contributed by atoms with Gasteiger partial charge in [0.05, 0.1) is 6.61 Å². The number of likely N-dealkylation sites (N-methyl/N-ethyl adjacent to an activating group) is 1. The smallest absolute Gasteiger partial charge is 0.288 e. The first-order valence-electron chi connectivity index (χ1n) is 4.96. The summed E-state index contributed by atoms with van der Waals surface area (Å²) in [6, 6.07) is 5.97. The van der Waals surface area contributed by atoms with Crippen LogP contribution < -0.4 is 0 Å². The van der Waals surface area contributed by atoms with E-state index in [1.165, 1.54) is 29.2 Å². The molecule has 0 spiro atoms. The highest BCUT2D eigenvalue weighted by Gasteiger charge is 2.11. The van der Waals surface area contributed by atoms with Crippen molar-refractivity contribution >= 4 is 17.7 Å². The maximum atomic E-state index is 12.1. The fraction of sp³-hybridized carbons (Fsp3) is 0.364. The molecule has 17 heavy (non-hydrogen) atoms. The zero-order valence-corrected chi connectivity index (χ0v) is 10.1. The van der Waals surface area contributed by atoms with Crippen LogP contribution >= 0.6 is 11.8 Å². The molecule has 0 fully saturated rings. The minimum absolute atomic E-state index is 0.110. The van der Waals surface area contributed by atoms with Crippen molar-refractivity contribution in [3.8, 4) is 0 Å². The Hall–Kier alpha value is -1.14. The van der Waals surface area contributed by atoms with Crippen molar-refractivity contribution in [1.82, 2.24) is 4.90 Å². The van der Waals surface area contributed by atoms with Crippen LogP contribution in [0.1, 0.15) is 10.4 Å². The van der Waals surface area contributed by atoms with E-state index in [0.29, 0.717) is 22.2 Å². The fourth-order valence-electron chi connectivity index (χ4n) is 1.25. The standard InChI is InChI=1S/C11H13F2NO2S/c1-14(6-7-15)10(16)8-2-4-9(5-3-8)17-11(12)13/h2-5,11,15H,6-7H2,1H3. The summed E-state index contributed by atoms with van der Waals surface area (Å²) in [5, 5.41) is 8.70. The molecule has 0 aromatic heterocycles. The Balaban J connectivity index is 2.70. The van der Waals surface area contributed by atoms with Gasteiger partial charge in [-0.05, 0) is 24.3 Å². The number of thioether (sulfide) groups is 1. The summed E-state index contributed by atoms with van der Waals surface area (Å²) in [5.74, 6) is -2.71. The lowest BCUT2D eigenvalue weighted by Gasteiger charge is -2.15. The second kappa shape index (κ2) is 6.56. The van der Waals surface area contributed by atoms with Crippen LogP contribution in [0.4, 0.5) is 8.78 Å². The maximum absolute atomic E-state index is 12.1. The molecular formula is C11H13F2NO2S. The lowest BCUT2D eigenvalue weighted by atomic mass is 10.2. The minimum Gasteiger partial charge on any atom is -0.395 e. The second-order valence-corrected chi connectivity index (χ2v) is 4.42. The number of hydrogen-bond donors (Lipinski definition) is 1. The third-order valence-corrected chi connectivity index (χ3v) is 2.83. The van der Waals surface area contributed by atoms with Crippen LogP contribution in [0.5, 0.6) is 0 Å². The number of benzene rings is 1. The van der Waals surface area contributed by atoms with Crippen LogP contribution in [-0.2, 0) is 0 Å². The molecule has 0 aliphatic rings. The molecule has 0 bridgehead atoms. The summed E-state index contributed by atoms with van der Waals surface area (Å²) in [7, 11) is 1.57. The summed E-state index contributed by atoms with van der Waals surface area (Å²) in [5.41, 5.74) is 0.416. The predicted molar refractivity (Wildman–Crippen MR) is 62.3 cm³/mol. The zero-order valence-electron chi connectivity index (χ0n) is 9.27. The molecule has 6 heteroatoms. The highest BCUT2D eigenvalue weighted by molar-refractivity contribution is 7.99. The van der Waals surface area contributed by atoms with Gasteiger partial charge in [0.2, 0.25) is 0 Å². The first-order chi connectivity index (χ1) is 8.04. The van der Waals surface area contributed by atoms with E-state index >= 15 is 0 Å². The van der Waals surface area contributed by atoms with Crippen LogP contribution in [0.2, 0.25) is 0 Å². The topological polar surface area (TPSA) is 40.5 Å². The number of nitrogens with zero attached hydrogens (tertiary/aromatic N) is 1. The fourth-order valence-corrected chi connectivity index (χ4v) is 1.75. The Kier molecular flexibility index (Phi) is 5.37. The molecule has 0 radical (unpaired) electrons. The van der Waals surface area contributed by atoms with Gasteiger partial charge in [0.1, 0.15) is 0 Å². The molecule has 0 heterocycles. The molecule has 0 saturated heterocycles. The van der Waals surface area contributed by atoms with Crippen molar-refractivity contribution in [3.05, 3.63) is 29.8 Å². The molecule has 1 N–H and O–H groups in total. The van der Waals surface area contributed by atoms with Gasteiger partial charge in [-0.25, -0.2) is 0 Å². The molecule has 0 saturated carbocycles. The zero-order chi connectivity index (χ0) is 12.8. The van der Waals surface area contributed by atoms with E-state index in [9.17, 15) is 13.6 Å². The molecule has 0 atom stereocenters. The van der Waals surface area contributed by atoms with Gasteiger partial charge in [0.15, 0.2) is 0 Å². The first-order valence-corrected chi connectivity index (χ1v) is 5.83. The first kappa shape index (κ1) is 13.9. The molecule has 94 valence electrons. The van der Waals surface area contributed by atoms with Crippen molar-refractivity contribution in [3.63, 3.8) is 0 Å². The van der Waals surface area contributed by atoms with Crippen LogP contribution in [-0.4, -0.2) is 41.9 Å². The number of halogens is 2. The van der Waals surface area contributed by atoms with Crippen molar-refractivity contribution in [2.45, 2.75) is 10.7 Å². The molecule has 1 amide bonds. The number of rotatable bonds is 5. The Morgan fingerprint density at radius 3 is 2.47 bits per heavy atom. The van der Waals surface area contributed by atoms with E-state index in [0.717, 1.165) is 0 Å². The number of aliphatic hydroxyl groups is 1.